The number of hydrogen-bond donors (Lipinski definition) is 2. The molecule has 2 aromatic rings. The quantitative estimate of drug-likeness (QED) is 0.655. The molecule has 1 aliphatic rings. The van der Waals surface area contributed by atoms with E-state index >= 15 is 0 Å². The van der Waals surface area contributed by atoms with Crippen molar-refractivity contribution < 1.29 is 19.1 Å². The maximum atomic E-state index is 12.5. The third kappa shape index (κ3) is 6.74. The van der Waals surface area contributed by atoms with E-state index in [1.807, 2.05) is 64.1 Å². The standard InChI is InChI=1S/C26H34N2O4/c1-17-9-11-21(13-19(17)3)31-15-25(29)27-23-7-5-6-8-24(23)28-26(30)16-32-22-12-10-18(2)20(4)14-22/h9-14,23-24H,5-8,15-16H2,1-4H3,(H,27,29)(H,28,30). The molecule has 0 saturated heterocycles. The smallest absolute Gasteiger partial charge is 0.258 e. The molecule has 0 aliphatic heterocycles. The van der Waals surface area contributed by atoms with Crippen LogP contribution in [0.5, 0.6) is 11.5 Å². The number of carbonyl (C=O) groups excluding carboxylic acids is 2. The zero-order valence-electron chi connectivity index (χ0n) is 19.5. The predicted octanol–water partition coefficient (Wildman–Crippen LogP) is 3.92. The number of ether oxygens (including phenoxy) is 2. The molecular formula is C26H34N2O4. The van der Waals surface area contributed by atoms with Crippen LogP contribution in [0.1, 0.15) is 47.9 Å². The first kappa shape index (κ1) is 23.6. The van der Waals surface area contributed by atoms with Gasteiger partial charge in [-0.05, 0) is 87.1 Å². The van der Waals surface area contributed by atoms with Crippen LogP contribution in [0.4, 0.5) is 0 Å². The minimum atomic E-state index is -0.180. The molecule has 6 nitrogen and oxygen atoms in total. The molecule has 3 rings (SSSR count). The highest BCUT2D eigenvalue weighted by atomic mass is 16.5. The van der Waals surface area contributed by atoms with Crippen molar-refractivity contribution in [2.75, 3.05) is 13.2 Å². The van der Waals surface area contributed by atoms with Gasteiger partial charge in [0.1, 0.15) is 11.5 Å². The van der Waals surface area contributed by atoms with E-state index in [-0.39, 0.29) is 37.1 Å². The highest BCUT2D eigenvalue weighted by molar-refractivity contribution is 5.79. The van der Waals surface area contributed by atoms with Crippen molar-refractivity contribution in [1.82, 2.24) is 10.6 Å². The molecule has 0 aromatic heterocycles. The van der Waals surface area contributed by atoms with E-state index in [1.54, 1.807) is 0 Å². The first-order valence-electron chi connectivity index (χ1n) is 11.3. The Morgan fingerprint density at radius 2 is 1.12 bits per heavy atom. The number of aryl methyl sites for hydroxylation is 4. The summed E-state index contributed by atoms with van der Waals surface area (Å²) in [6.45, 7) is 8.01. The first-order valence-corrected chi connectivity index (χ1v) is 11.3. The van der Waals surface area contributed by atoms with E-state index in [1.165, 1.54) is 11.1 Å². The summed E-state index contributed by atoms with van der Waals surface area (Å²) in [5, 5.41) is 6.08. The Labute approximate surface area is 190 Å². The molecule has 0 spiro atoms. The normalized spacial score (nSPS) is 18.0. The van der Waals surface area contributed by atoms with Gasteiger partial charge in [0.05, 0.1) is 0 Å². The average Bonchev–Trinajstić information content (AvgIpc) is 2.77. The number of rotatable bonds is 8. The summed E-state index contributed by atoms with van der Waals surface area (Å²) in [7, 11) is 0. The zero-order valence-corrected chi connectivity index (χ0v) is 19.5. The van der Waals surface area contributed by atoms with Crippen molar-refractivity contribution >= 4 is 11.8 Å². The zero-order chi connectivity index (χ0) is 23.1. The molecule has 1 saturated carbocycles. The van der Waals surface area contributed by atoms with Gasteiger partial charge in [-0.3, -0.25) is 9.59 Å². The van der Waals surface area contributed by atoms with Crippen LogP contribution in [-0.4, -0.2) is 37.1 Å². The summed E-state index contributed by atoms with van der Waals surface area (Å²) in [4.78, 5) is 24.9. The van der Waals surface area contributed by atoms with E-state index in [0.29, 0.717) is 11.5 Å². The van der Waals surface area contributed by atoms with Crippen LogP contribution >= 0.6 is 0 Å². The van der Waals surface area contributed by atoms with Gasteiger partial charge in [-0.2, -0.15) is 0 Å². The lowest BCUT2D eigenvalue weighted by molar-refractivity contribution is -0.127. The second-order valence-electron chi connectivity index (χ2n) is 8.70. The van der Waals surface area contributed by atoms with Gasteiger partial charge < -0.3 is 20.1 Å². The average molecular weight is 439 g/mol. The van der Waals surface area contributed by atoms with Crippen LogP contribution in [0.2, 0.25) is 0 Å². The van der Waals surface area contributed by atoms with Crippen molar-refractivity contribution in [3.05, 3.63) is 58.7 Å². The lowest BCUT2D eigenvalue weighted by Crippen LogP contribution is -2.54. The first-order chi connectivity index (χ1) is 15.3. The Hall–Kier alpha value is -3.02. The van der Waals surface area contributed by atoms with Crippen LogP contribution in [0, 0.1) is 27.7 Å². The van der Waals surface area contributed by atoms with Crippen molar-refractivity contribution in [2.24, 2.45) is 0 Å². The van der Waals surface area contributed by atoms with Gasteiger partial charge in [-0.1, -0.05) is 25.0 Å². The Kier molecular flexibility index (Phi) is 8.14. The molecule has 6 heteroatoms. The number of nitrogens with one attached hydrogen (secondary N) is 2. The van der Waals surface area contributed by atoms with Crippen LogP contribution < -0.4 is 20.1 Å². The van der Waals surface area contributed by atoms with E-state index in [0.717, 1.165) is 36.8 Å². The summed E-state index contributed by atoms with van der Waals surface area (Å²) in [5.41, 5.74) is 4.62. The molecule has 32 heavy (non-hydrogen) atoms. The van der Waals surface area contributed by atoms with Crippen LogP contribution in [0.15, 0.2) is 36.4 Å². The van der Waals surface area contributed by atoms with Crippen molar-refractivity contribution in [3.63, 3.8) is 0 Å². The topological polar surface area (TPSA) is 76.7 Å². The molecule has 0 radical (unpaired) electrons. The molecule has 2 atom stereocenters. The molecule has 2 amide bonds. The Bertz CT molecular complexity index is 879. The number of carbonyl (C=O) groups is 2. The second-order valence-corrected chi connectivity index (χ2v) is 8.70. The van der Waals surface area contributed by atoms with Gasteiger partial charge in [0.2, 0.25) is 0 Å². The number of benzene rings is 2. The van der Waals surface area contributed by atoms with Crippen LogP contribution in [0.25, 0.3) is 0 Å². The fourth-order valence-corrected chi connectivity index (χ4v) is 3.88. The highest BCUT2D eigenvalue weighted by Crippen LogP contribution is 2.20. The molecule has 1 aliphatic carbocycles. The molecule has 2 unspecified atom stereocenters. The number of hydrogen-bond acceptors (Lipinski definition) is 4. The van der Waals surface area contributed by atoms with Gasteiger partial charge in [0.15, 0.2) is 13.2 Å². The summed E-state index contributed by atoms with van der Waals surface area (Å²) in [5.74, 6) is 1.00. The molecule has 2 aromatic carbocycles. The lowest BCUT2D eigenvalue weighted by Gasteiger charge is -2.32. The third-order valence-corrected chi connectivity index (χ3v) is 6.16. The molecule has 0 bridgehead atoms. The van der Waals surface area contributed by atoms with Crippen LogP contribution in [-0.2, 0) is 9.59 Å². The van der Waals surface area contributed by atoms with E-state index in [2.05, 4.69) is 10.6 Å². The van der Waals surface area contributed by atoms with Gasteiger partial charge in [-0.25, -0.2) is 0 Å². The van der Waals surface area contributed by atoms with Crippen LogP contribution in [0.3, 0.4) is 0 Å². The third-order valence-electron chi connectivity index (χ3n) is 6.16. The maximum Gasteiger partial charge on any atom is 0.258 e. The van der Waals surface area contributed by atoms with E-state index < -0.39 is 0 Å². The molecule has 1 fully saturated rings. The van der Waals surface area contributed by atoms with Gasteiger partial charge in [-0.15, -0.1) is 0 Å². The minimum Gasteiger partial charge on any atom is -0.484 e. The Morgan fingerprint density at radius 3 is 1.50 bits per heavy atom. The highest BCUT2D eigenvalue weighted by Gasteiger charge is 2.28. The largest absolute Gasteiger partial charge is 0.484 e. The lowest BCUT2D eigenvalue weighted by atomic mass is 9.90. The second kappa shape index (κ2) is 11.0. The van der Waals surface area contributed by atoms with Gasteiger partial charge in [0, 0.05) is 12.1 Å². The summed E-state index contributed by atoms with van der Waals surface area (Å²) in [6, 6.07) is 11.4. The van der Waals surface area contributed by atoms with E-state index in [9.17, 15) is 9.59 Å². The van der Waals surface area contributed by atoms with Crippen molar-refractivity contribution in [3.8, 4) is 11.5 Å². The summed E-state index contributed by atoms with van der Waals surface area (Å²) >= 11 is 0. The summed E-state index contributed by atoms with van der Waals surface area (Å²) < 4.78 is 11.3. The van der Waals surface area contributed by atoms with Gasteiger partial charge in [0.25, 0.3) is 11.8 Å². The minimum absolute atomic E-state index is 0.0461. The SMILES string of the molecule is Cc1ccc(OCC(=O)NC2CCCCC2NC(=O)COc2ccc(C)c(C)c2)cc1C. The van der Waals surface area contributed by atoms with E-state index in [4.69, 9.17) is 9.47 Å². The Balaban J connectivity index is 1.47. The van der Waals surface area contributed by atoms with Crippen molar-refractivity contribution in [1.29, 1.82) is 0 Å². The summed E-state index contributed by atoms with van der Waals surface area (Å²) in [6.07, 6.45) is 3.71. The number of amides is 2. The maximum absolute atomic E-state index is 12.5. The fraction of sp³-hybridized carbons (Fsp3) is 0.462. The molecular weight excluding hydrogens is 404 g/mol. The predicted molar refractivity (Wildman–Crippen MR) is 125 cm³/mol. The fourth-order valence-electron chi connectivity index (χ4n) is 3.88. The molecule has 172 valence electrons. The Morgan fingerprint density at radius 1 is 0.719 bits per heavy atom. The van der Waals surface area contributed by atoms with Crippen molar-refractivity contribution in [2.45, 2.75) is 65.5 Å². The van der Waals surface area contributed by atoms with Gasteiger partial charge >= 0.3 is 0 Å². The molecule has 0 heterocycles. The molecule has 2 N–H and O–H groups in total. The monoisotopic (exact) mass is 438 g/mol.